The van der Waals surface area contributed by atoms with E-state index < -0.39 is 77.8 Å². The number of aliphatic hydroxyl groups excluding tert-OH is 2. The van der Waals surface area contributed by atoms with Crippen molar-refractivity contribution in [3.8, 4) is 0 Å². The summed E-state index contributed by atoms with van der Waals surface area (Å²) >= 11 is 0. The van der Waals surface area contributed by atoms with Gasteiger partial charge in [0.15, 0.2) is 11.6 Å². The van der Waals surface area contributed by atoms with Gasteiger partial charge in [-0.3, -0.25) is 19.2 Å². The number of aliphatic hydroxyl groups is 3. The molecule has 2 unspecified atom stereocenters. The van der Waals surface area contributed by atoms with Crippen LogP contribution in [-0.4, -0.2) is 145 Å². The SMILES string of the molecule is CO[C@H]1CC2CC[C@@H](C)[C@@](O)(O2)C(=O)C(=O)N2CCCC[C@H]2C(=O)O[C@H]([C@H](C)C[C@@H]2CC[C@@H](OCCO)[C@H](OC)C2)CC(=O)C(C)=CC(C)[C@@H](O)[C@@H](OC)C(=O)[C@H](C)C[C@H](C)C=CC=CC=C1C. The van der Waals surface area contributed by atoms with Gasteiger partial charge in [-0.05, 0) is 107 Å². The Hall–Kier alpha value is -3.41. The number of Topliss-reactive ketones (excluding diaryl/α,β-unsaturated/α-hetero) is 3. The highest BCUT2D eigenvalue weighted by Gasteiger charge is 2.53. The average Bonchev–Trinajstić information content (AvgIpc) is 3.32. The van der Waals surface area contributed by atoms with E-state index >= 15 is 0 Å². The van der Waals surface area contributed by atoms with Crippen molar-refractivity contribution in [3.63, 3.8) is 0 Å². The number of hydrogen-bond acceptors (Lipinski definition) is 14. The molecule has 3 aliphatic heterocycles. The number of ether oxygens (including phenoxy) is 6. The van der Waals surface area contributed by atoms with Gasteiger partial charge in [0.05, 0.1) is 43.7 Å². The smallest absolute Gasteiger partial charge is 0.329 e. The van der Waals surface area contributed by atoms with Gasteiger partial charge in [-0.25, -0.2) is 4.79 Å². The lowest BCUT2D eigenvalue weighted by Gasteiger charge is -2.42. The minimum absolute atomic E-state index is 0.0185. The highest BCUT2D eigenvalue weighted by Crippen LogP contribution is 2.38. The van der Waals surface area contributed by atoms with Crippen LogP contribution < -0.4 is 0 Å². The molecule has 68 heavy (non-hydrogen) atoms. The summed E-state index contributed by atoms with van der Waals surface area (Å²) in [4.78, 5) is 72.1. The third-order valence-electron chi connectivity index (χ3n) is 14.9. The highest BCUT2D eigenvalue weighted by atomic mass is 16.6. The summed E-state index contributed by atoms with van der Waals surface area (Å²) in [6, 6.07) is -1.15. The maximum absolute atomic E-state index is 14.5. The van der Waals surface area contributed by atoms with Gasteiger partial charge in [0, 0.05) is 58.5 Å². The molecule has 15 atom stereocenters. The highest BCUT2D eigenvalue weighted by molar-refractivity contribution is 6.39. The number of rotatable bonds is 9. The average molecular weight is 958 g/mol. The van der Waals surface area contributed by atoms with Gasteiger partial charge in [0.1, 0.15) is 18.2 Å². The molecule has 0 aromatic rings. The standard InChI is InChI=1S/C53H83NO14/c1-32-16-12-11-13-17-33(2)44(63-8)30-40-21-19-38(7)53(62,68-40)50(59)51(60)54-23-15-14-18-41(54)52(61)67-45(35(4)28-39-20-22-43(66-25-24-55)46(29-39)64-9)31-42(56)34(3)27-37(6)48(58)49(65-10)47(57)36(5)26-32/h11-13,16-17,27,32,35-41,43-46,48-49,55,58,62H,14-15,18-26,28-31H2,1-10H3/t32-,35-,36-,37?,38-,39+,40?,41+,43-,44+,45+,46-,48-,49+,53-/m1/s1. The largest absolute Gasteiger partial charge is 0.460 e. The molecule has 15 nitrogen and oxygen atoms in total. The van der Waals surface area contributed by atoms with E-state index in [-0.39, 0.29) is 74.1 Å². The van der Waals surface area contributed by atoms with E-state index in [2.05, 4.69) is 0 Å². The van der Waals surface area contributed by atoms with Gasteiger partial charge < -0.3 is 48.6 Å². The number of amides is 1. The van der Waals surface area contributed by atoms with Gasteiger partial charge in [-0.15, -0.1) is 0 Å². The zero-order valence-corrected chi connectivity index (χ0v) is 42.4. The Bertz CT molecular complexity index is 1810. The molecule has 3 heterocycles. The number of carbonyl (C=O) groups is 5. The van der Waals surface area contributed by atoms with Gasteiger partial charge >= 0.3 is 5.97 Å². The molecule has 4 rings (SSSR count). The van der Waals surface area contributed by atoms with Gasteiger partial charge in [-0.1, -0.05) is 71.1 Å². The first-order chi connectivity index (χ1) is 32.3. The lowest BCUT2D eigenvalue weighted by Crippen LogP contribution is -2.61. The summed E-state index contributed by atoms with van der Waals surface area (Å²) in [5.41, 5.74) is 1.19. The Morgan fingerprint density at radius 2 is 1.60 bits per heavy atom. The zero-order valence-electron chi connectivity index (χ0n) is 42.4. The first-order valence-corrected chi connectivity index (χ1v) is 25.0. The Balaban J connectivity index is 1.70. The fourth-order valence-corrected chi connectivity index (χ4v) is 10.5. The van der Waals surface area contributed by atoms with E-state index in [0.717, 1.165) is 12.0 Å². The molecule has 4 aliphatic rings. The Labute approximate surface area is 405 Å². The van der Waals surface area contributed by atoms with E-state index in [1.54, 1.807) is 41.1 Å². The summed E-state index contributed by atoms with van der Waals surface area (Å²) in [7, 11) is 4.59. The second kappa shape index (κ2) is 27.3. The van der Waals surface area contributed by atoms with Crippen LogP contribution in [0, 0.1) is 35.5 Å². The van der Waals surface area contributed by atoms with Crippen LogP contribution in [0.3, 0.4) is 0 Å². The minimum atomic E-state index is -2.43. The van der Waals surface area contributed by atoms with E-state index in [0.29, 0.717) is 63.4 Å². The van der Waals surface area contributed by atoms with Crippen LogP contribution in [-0.2, 0) is 52.4 Å². The lowest BCUT2D eigenvalue weighted by atomic mass is 9.78. The van der Waals surface area contributed by atoms with E-state index in [1.165, 1.54) is 12.0 Å². The Kier molecular flexibility index (Phi) is 22.9. The van der Waals surface area contributed by atoms with Crippen LogP contribution in [0.25, 0.3) is 0 Å². The zero-order chi connectivity index (χ0) is 50.3. The number of methoxy groups -OCH3 is 3. The Morgan fingerprint density at radius 3 is 2.28 bits per heavy atom. The quantitative estimate of drug-likeness (QED) is 0.174. The second-order valence-corrected chi connectivity index (χ2v) is 20.2. The maximum Gasteiger partial charge on any atom is 0.329 e. The van der Waals surface area contributed by atoms with Crippen molar-refractivity contribution >= 4 is 29.2 Å². The van der Waals surface area contributed by atoms with Crippen LogP contribution >= 0.6 is 0 Å². The number of ketones is 3. The van der Waals surface area contributed by atoms with Crippen molar-refractivity contribution in [2.45, 2.75) is 180 Å². The van der Waals surface area contributed by atoms with Crippen LogP contribution in [0.4, 0.5) is 0 Å². The van der Waals surface area contributed by atoms with Crippen molar-refractivity contribution in [3.05, 3.63) is 47.6 Å². The third-order valence-corrected chi connectivity index (χ3v) is 14.9. The first kappa shape index (κ1) is 57.2. The fourth-order valence-electron chi connectivity index (χ4n) is 10.5. The number of piperidine rings is 1. The molecular weight excluding hydrogens is 875 g/mol. The summed E-state index contributed by atoms with van der Waals surface area (Å²) in [6.45, 7) is 12.9. The molecule has 1 aliphatic carbocycles. The van der Waals surface area contributed by atoms with Crippen LogP contribution in [0.5, 0.6) is 0 Å². The summed E-state index contributed by atoms with van der Waals surface area (Å²) in [5, 5.41) is 32.8. The molecule has 1 amide bonds. The molecule has 0 aromatic heterocycles. The van der Waals surface area contributed by atoms with Gasteiger partial charge in [0.2, 0.25) is 5.79 Å². The van der Waals surface area contributed by atoms with Crippen molar-refractivity contribution in [1.82, 2.24) is 4.90 Å². The molecule has 0 aromatic carbocycles. The summed E-state index contributed by atoms with van der Waals surface area (Å²) in [5.74, 6) is -7.94. The van der Waals surface area contributed by atoms with Crippen molar-refractivity contribution in [2.75, 3.05) is 41.1 Å². The van der Waals surface area contributed by atoms with Crippen molar-refractivity contribution in [1.29, 1.82) is 0 Å². The van der Waals surface area contributed by atoms with Crippen LogP contribution in [0.1, 0.15) is 126 Å². The minimum Gasteiger partial charge on any atom is -0.460 e. The first-order valence-electron chi connectivity index (χ1n) is 25.0. The molecule has 384 valence electrons. The number of carbonyl (C=O) groups excluding carboxylic acids is 5. The predicted octanol–water partition coefficient (Wildman–Crippen LogP) is 6.20. The normalized spacial score (nSPS) is 36.7. The number of esters is 1. The second-order valence-electron chi connectivity index (χ2n) is 20.2. The molecule has 3 N–H and O–H groups in total. The molecule has 2 saturated heterocycles. The number of cyclic esters (lactones) is 1. The third kappa shape index (κ3) is 15.3. The topological polar surface area (TPSA) is 205 Å². The van der Waals surface area contributed by atoms with E-state index in [9.17, 15) is 39.3 Å². The summed E-state index contributed by atoms with van der Waals surface area (Å²) in [6.07, 6.45) is 12.0. The lowest BCUT2D eigenvalue weighted by molar-refractivity contribution is -0.265. The number of allylic oxidation sites excluding steroid dienone is 6. The molecular formula is C53H83NO14. The van der Waals surface area contributed by atoms with Crippen LogP contribution in [0.15, 0.2) is 47.6 Å². The predicted molar refractivity (Wildman–Crippen MR) is 256 cm³/mol. The van der Waals surface area contributed by atoms with Crippen molar-refractivity contribution < 1.29 is 67.7 Å². The van der Waals surface area contributed by atoms with Crippen molar-refractivity contribution in [2.24, 2.45) is 35.5 Å². The van der Waals surface area contributed by atoms with E-state index in [4.69, 9.17) is 28.4 Å². The number of fused-ring (bicyclic) bond motifs is 3. The fraction of sp³-hybridized carbons (Fsp3) is 0.755. The summed E-state index contributed by atoms with van der Waals surface area (Å²) < 4.78 is 35.6. The van der Waals surface area contributed by atoms with E-state index in [1.807, 2.05) is 58.1 Å². The molecule has 0 spiro atoms. The maximum atomic E-state index is 14.5. The monoisotopic (exact) mass is 958 g/mol. The number of hydrogen-bond donors (Lipinski definition) is 3. The van der Waals surface area contributed by atoms with Crippen LogP contribution in [0.2, 0.25) is 0 Å². The van der Waals surface area contributed by atoms with Gasteiger partial charge in [-0.2, -0.15) is 0 Å². The molecule has 2 bridgehead atoms. The molecule has 1 saturated carbocycles. The molecule has 3 fully saturated rings. The Morgan fingerprint density at radius 1 is 0.868 bits per heavy atom. The molecule has 15 heteroatoms. The number of nitrogens with zero attached hydrogens (tertiary/aromatic N) is 1. The molecule has 0 radical (unpaired) electrons. The van der Waals surface area contributed by atoms with Gasteiger partial charge in [0.25, 0.3) is 11.7 Å².